The van der Waals surface area contributed by atoms with E-state index in [-0.39, 0.29) is 6.42 Å². The number of carboxylic acid groups (broad SMARTS) is 1. The Balaban J connectivity index is 3.15. The summed E-state index contributed by atoms with van der Waals surface area (Å²) < 4.78 is 6.27. The number of aryl methyl sites for hydroxylation is 1. The molecule has 0 fully saturated rings. The van der Waals surface area contributed by atoms with Gasteiger partial charge in [0, 0.05) is 10.9 Å². The molecule has 0 radical (unpaired) electrons. The fourth-order valence-corrected chi connectivity index (χ4v) is 2.40. The molecule has 0 aliphatic rings. The van der Waals surface area contributed by atoms with Gasteiger partial charge >= 0.3 is 5.97 Å². The van der Waals surface area contributed by atoms with E-state index in [0.717, 1.165) is 21.3 Å². The maximum atomic E-state index is 10.7. The molecular formula is C13H17BrO3. The fourth-order valence-electron chi connectivity index (χ4n) is 1.92. The first-order valence-corrected chi connectivity index (χ1v) is 6.33. The van der Waals surface area contributed by atoms with Gasteiger partial charge in [0.15, 0.2) is 0 Å². The Hall–Kier alpha value is -1.03. The van der Waals surface area contributed by atoms with Crippen LogP contribution in [0.5, 0.6) is 5.75 Å². The lowest BCUT2D eigenvalue weighted by molar-refractivity contribution is -0.136. The van der Waals surface area contributed by atoms with Crippen LogP contribution < -0.4 is 4.74 Å². The summed E-state index contributed by atoms with van der Waals surface area (Å²) in [5, 5.41) is 8.76. The molecular weight excluding hydrogens is 284 g/mol. The molecule has 0 aliphatic heterocycles. The normalized spacial score (nSPS) is 10.6. The molecule has 4 heteroatoms. The number of ether oxygens (including phenoxy) is 1. The lowest BCUT2D eigenvalue weighted by Crippen LogP contribution is -2.04. The highest BCUT2D eigenvalue weighted by Gasteiger charge is 2.15. The van der Waals surface area contributed by atoms with E-state index in [1.54, 1.807) is 7.11 Å². The lowest BCUT2D eigenvalue weighted by Gasteiger charge is -2.17. The first kappa shape index (κ1) is 14.0. The summed E-state index contributed by atoms with van der Waals surface area (Å²) in [6.45, 7) is 4.16. The Morgan fingerprint density at radius 2 is 2.12 bits per heavy atom. The third-order valence-corrected chi connectivity index (χ3v) is 3.06. The number of hydrogen-bond acceptors (Lipinski definition) is 2. The number of aliphatic carboxylic acids is 1. The second-order valence-electron chi connectivity index (χ2n) is 4.23. The average Bonchev–Trinajstić information content (AvgIpc) is 2.24. The average molecular weight is 301 g/mol. The van der Waals surface area contributed by atoms with Crippen LogP contribution in [0.25, 0.3) is 0 Å². The molecule has 0 aliphatic carbocycles. The zero-order valence-electron chi connectivity index (χ0n) is 10.3. The number of carbonyl (C=O) groups is 1. The Labute approximate surface area is 110 Å². The van der Waals surface area contributed by atoms with Crippen LogP contribution in [0.3, 0.4) is 0 Å². The SMILES string of the molecule is COc1cc(Br)cc(CCC(=O)O)c1C(C)C. The van der Waals surface area contributed by atoms with E-state index in [0.29, 0.717) is 12.3 Å². The summed E-state index contributed by atoms with van der Waals surface area (Å²) >= 11 is 3.42. The first-order valence-electron chi connectivity index (χ1n) is 5.53. The van der Waals surface area contributed by atoms with Crippen molar-refractivity contribution >= 4 is 21.9 Å². The zero-order chi connectivity index (χ0) is 13.0. The van der Waals surface area contributed by atoms with Crippen LogP contribution in [-0.4, -0.2) is 18.2 Å². The zero-order valence-corrected chi connectivity index (χ0v) is 11.9. The van der Waals surface area contributed by atoms with E-state index in [1.165, 1.54) is 0 Å². The van der Waals surface area contributed by atoms with E-state index in [4.69, 9.17) is 9.84 Å². The number of rotatable bonds is 5. The maximum Gasteiger partial charge on any atom is 0.303 e. The largest absolute Gasteiger partial charge is 0.496 e. The molecule has 1 N–H and O–H groups in total. The summed E-state index contributed by atoms with van der Waals surface area (Å²) in [7, 11) is 1.63. The van der Waals surface area contributed by atoms with Gasteiger partial charge in [-0.1, -0.05) is 29.8 Å². The highest BCUT2D eigenvalue weighted by molar-refractivity contribution is 9.10. The number of carboxylic acids is 1. The molecule has 0 aromatic heterocycles. The van der Waals surface area contributed by atoms with Gasteiger partial charge in [-0.3, -0.25) is 4.79 Å². The predicted molar refractivity (Wildman–Crippen MR) is 70.7 cm³/mol. The molecule has 0 bridgehead atoms. The summed E-state index contributed by atoms with van der Waals surface area (Å²) in [6.07, 6.45) is 0.665. The molecule has 0 spiro atoms. The summed E-state index contributed by atoms with van der Waals surface area (Å²) in [6, 6.07) is 3.89. The first-order chi connectivity index (χ1) is 7.95. The minimum absolute atomic E-state index is 0.138. The number of hydrogen-bond donors (Lipinski definition) is 1. The second kappa shape index (κ2) is 6.05. The van der Waals surface area contributed by atoms with Crippen LogP contribution in [0.15, 0.2) is 16.6 Å². The molecule has 1 rings (SSSR count). The summed E-state index contributed by atoms with van der Waals surface area (Å²) in [5.74, 6) is 0.343. The van der Waals surface area contributed by atoms with Crippen molar-refractivity contribution in [1.29, 1.82) is 0 Å². The molecule has 0 heterocycles. The van der Waals surface area contributed by atoms with Gasteiger partial charge in [-0.2, -0.15) is 0 Å². The van der Waals surface area contributed by atoms with Gasteiger partial charge in [-0.25, -0.2) is 0 Å². The third-order valence-electron chi connectivity index (χ3n) is 2.60. The minimum Gasteiger partial charge on any atom is -0.496 e. The lowest BCUT2D eigenvalue weighted by atomic mass is 9.93. The van der Waals surface area contributed by atoms with Gasteiger partial charge in [0.25, 0.3) is 0 Å². The molecule has 94 valence electrons. The minimum atomic E-state index is -0.779. The van der Waals surface area contributed by atoms with Gasteiger partial charge in [0.05, 0.1) is 7.11 Å². The van der Waals surface area contributed by atoms with Gasteiger partial charge in [0.1, 0.15) is 5.75 Å². The maximum absolute atomic E-state index is 10.7. The van der Waals surface area contributed by atoms with Crippen molar-refractivity contribution in [3.05, 3.63) is 27.7 Å². The summed E-state index contributed by atoms with van der Waals surface area (Å²) in [4.78, 5) is 10.7. The van der Waals surface area contributed by atoms with E-state index in [1.807, 2.05) is 12.1 Å². The standard InChI is InChI=1S/C13H17BrO3/c1-8(2)13-9(4-5-12(15)16)6-10(14)7-11(13)17-3/h6-8H,4-5H2,1-3H3,(H,15,16). The number of methoxy groups -OCH3 is 1. The van der Waals surface area contributed by atoms with Crippen molar-refractivity contribution in [3.8, 4) is 5.75 Å². The van der Waals surface area contributed by atoms with Crippen LogP contribution >= 0.6 is 15.9 Å². The topological polar surface area (TPSA) is 46.5 Å². The number of benzene rings is 1. The van der Waals surface area contributed by atoms with Gasteiger partial charge in [-0.05, 0) is 35.6 Å². The molecule has 0 saturated carbocycles. The van der Waals surface area contributed by atoms with Gasteiger partial charge in [-0.15, -0.1) is 0 Å². The van der Waals surface area contributed by atoms with Crippen LogP contribution in [0.2, 0.25) is 0 Å². The van der Waals surface area contributed by atoms with Gasteiger partial charge in [0.2, 0.25) is 0 Å². The monoisotopic (exact) mass is 300 g/mol. The molecule has 17 heavy (non-hydrogen) atoms. The predicted octanol–water partition coefficient (Wildman–Crippen LogP) is 3.60. The molecule has 1 aromatic rings. The van der Waals surface area contributed by atoms with Crippen molar-refractivity contribution in [2.75, 3.05) is 7.11 Å². The van der Waals surface area contributed by atoms with E-state index in [2.05, 4.69) is 29.8 Å². The van der Waals surface area contributed by atoms with Crippen LogP contribution in [0.1, 0.15) is 37.3 Å². The van der Waals surface area contributed by atoms with Crippen molar-refractivity contribution in [1.82, 2.24) is 0 Å². The van der Waals surface area contributed by atoms with E-state index >= 15 is 0 Å². The second-order valence-corrected chi connectivity index (χ2v) is 5.14. The molecule has 0 unspecified atom stereocenters. The molecule has 1 aromatic carbocycles. The van der Waals surface area contributed by atoms with Crippen molar-refractivity contribution < 1.29 is 14.6 Å². The van der Waals surface area contributed by atoms with Crippen LogP contribution in [0, 0.1) is 0 Å². The third kappa shape index (κ3) is 3.73. The fraction of sp³-hybridized carbons (Fsp3) is 0.462. The van der Waals surface area contributed by atoms with Crippen LogP contribution in [0.4, 0.5) is 0 Å². The molecule has 3 nitrogen and oxygen atoms in total. The molecule has 0 atom stereocenters. The Kier molecular flexibility index (Phi) is 5.00. The van der Waals surface area contributed by atoms with E-state index in [9.17, 15) is 4.79 Å². The van der Waals surface area contributed by atoms with Crippen molar-refractivity contribution in [3.63, 3.8) is 0 Å². The van der Waals surface area contributed by atoms with Gasteiger partial charge < -0.3 is 9.84 Å². The number of halogens is 1. The quantitative estimate of drug-likeness (QED) is 0.904. The Morgan fingerprint density at radius 1 is 1.47 bits per heavy atom. The van der Waals surface area contributed by atoms with Crippen molar-refractivity contribution in [2.24, 2.45) is 0 Å². The molecule has 0 saturated heterocycles. The highest BCUT2D eigenvalue weighted by atomic mass is 79.9. The smallest absolute Gasteiger partial charge is 0.303 e. The van der Waals surface area contributed by atoms with E-state index < -0.39 is 5.97 Å². The molecule has 0 amide bonds. The Bertz CT molecular complexity index is 413. The van der Waals surface area contributed by atoms with Crippen LogP contribution in [-0.2, 0) is 11.2 Å². The highest BCUT2D eigenvalue weighted by Crippen LogP contribution is 2.33. The Morgan fingerprint density at radius 3 is 2.59 bits per heavy atom. The van der Waals surface area contributed by atoms with Crippen molar-refractivity contribution in [2.45, 2.75) is 32.6 Å². The summed E-state index contributed by atoms with van der Waals surface area (Å²) in [5.41, 5.74) is 2.13.